The van der Waals surface area contributed by atoms with Crippen molar-refractivity contribution in [3.05, 3.63) is 48.2 Å². The first-order chi connectivity index (χ1) is 14.6. The van der Waals surface area contributed by atoms with E-state index in [1.165, 1.54) is 18.4 Å². The van der Waals surface area contributed by atoms with Crippen LogP contribution >= 0.6 is 0 Å². The van der Waals surface area contributed by atoms with Gasteiger partial charge < -0.3 is 9.47 Å². The van der Waals surface area contributed by atoms with Crippen LogP contribution < -0.4 is 4.74 Å². The van der Waals surface area contributed by atoms with Crippen molar-refractivity contribution in [1.82, 2.24) is 4.98 Å². The molecule has 0 radical (unpaired) electrons. The Kier molecular flexibility index (Phi) is 11.2. The Balaban J connectivity index is 1.76. The predicted molar refractivity (Wildman–Crippen MR) is 123 cm³/mol. The van der Waals surface area contributed by atoms with Gasteiger partial charge in [-0.25, -0.2) is 0 Å². The summed E-state index contributed by atoms with van der Waals surface area (Å²) in [5.41, 5.74) is 3.16. The van der Waals surface area contributed by atoms with Crippen LogP contribution in [0.1, 0.15) is 71.3 Å². The second kappa shape index (κ2) is 13.9. The highest BCUT2D eigenvalue weighted by molar-refractivity contribution is 5.72. The molecule has 0 aliphatic heterocycles. The zero-order chi connectivity index (χ0) is 21.6. The highest BCUT2D eigenvalue weighted by Crippen LogP contribution is 2.22. The third-order valence-electron chi connectivity index (χ3n) is 5.39. The topological polar surface area (TPSA) is 48.4 Å². The molecule has 1 atom stereocenters. The molecule has 1 aromatic heterocycles. The number of aromatic nitrogens is 1. The second-order valence-electron chi connectivity index (χ2n) is 8.03. The van der Waals surface area contributed by atoms with Crippen molar-refractivity contribution < 1.29 is 14.3 Å². The molecule has 0 N–H and O–H groups in total. The Morgan fingerprint density at radius 3 is 2.43 bits per heavy atom. The number of ether oxygens (including phenoxy) is 2. The van der Waals surface area contributed by atoms with Gasteiger partial charge in [0.05, 0.1) is 5.69 Å². The van der Waals surface area contributed by atoms with Gasteiger partial charge in [-0.3, -0.25) is 9.78 Å². The lowest BCUT2D eigenvalue weighted by Crippen LogP contribution is -2.09. The Labute approximate surface area is 182 Å². The van der Waals surface area contributed by atoms with E-state index in [4.69, 9.17) is 9.47 Å². The smallest absolute Gasteiger partial charge is 0.311 e. The summed E-state index contributed by atoms with van der Waals surface area (Å²) < 4.78 is 11.1. The molecule has 0 bridgehead atoms. The number of hydrogen-bond acceptors (Lipinski definition) is 4. The Hall–Kier alpha value is -2.20. The van der Waals surface area contributed by atoms with Crippen molar-refractivity contribution in [2.75, 3.05) is 13.2 Å². The van der Waals surface area contributed by atoms with Crippen LogP contribution in [-0.4, -0.2) is 24.2 Å². The first-order valence-electron chi connectivity index (χ1n) is 11.5. The van der Waals surface area contributed by atoms with Gasteiger partial charge in [0, 0.05) is 31.4 Å². The van der Waals surface area contributed by atoms with Crippen LogP contribution in [0.3, 0.4) is 0 Å². The molecule has 4 heteroatoms. The summed E-state index contributed by atoms with van der Waals surface area (Å²) in [4.78, 5) is 16.5. The molecule has 30 heavy (non-hydrogen) atoms. The van der Waals surface area contributed by atoms with Crippen LogP contribution in [0.4, 0.5) is 0 Å². The van der Waals surface area contributed by atoms with Crippen molar-refractivity contribution in [2.24, 2.45) is 5.92 Å². The highest BCUT2D eigenvalue weighted by atomic mass is 16.5. The SMILES string of the molecule is CCCCCOCCCc1ccc(-c2ccc(OC(=O)CCC(C)CC)cc2)nc1. The number of carbonyl (C=O) groups excluding carboxylic acids is 1. The minimum Gasteiger partial charge on any atom is -0.427 e. The summed E-state index contributed by atoms with van der Waals surface area (Å²) >= 11 is 0. The van der Waals surface area contributed by atoms with Gasteiger partial charge in [-0.15, -0.1) is 0 Å². The molecular weight excluding hydrogens is 374 g/mol. The zero-order valence-corrected chi connectivity index (χ0v) is 18.9. The molecule has 2 aromatic rings. The lowest BCUT2D eigenvalue weighted by atomic mass is 10.0. The highest BCUT2D eigenvalue weighted by Gasteiger charge is 2.08. The van der Waals surface area contributed by atoms with Crippen LogP contribution in [0.5, 0.6) is 5.75 Å². The van der Waals surface area contributed by atoms with Crippen molar-refractivity contribution in [3.63, 3.8) is 0 Å². The molecule has 0 amide bonds. The summed E-state index contributed by atoms with van der Waals surface area (Å²) in [5, 5.41) is 0. The maximum absolute atomic E-state index is 12.0. The van der Waals surface area contributed by atoms with Gasteiger partial charge in [0.25, 0.3) is 0 Å². The van der Waals surface area contributed by atoms with E-state index in [9.17, 15) is 4.79 Å². The lowest BCUT2D eigenvalue weighted by Gasteiger charge is -2.09. The number of hydrogen-bond donors (Lipinski definition) is 0. The molecular formula is C26H37NO3. The van der Waals surface area contributed by atoms with Crippen molar-refractivity contribution in [2.45, 2.75) is 72.1 Å². The average molecular weight is 412 g/mol. The molecule has 1 unspecified atom stereocenters. The molecule has 0 aliphatic carbocycles. The average Bonchev–Trinajstić information content (AvgIpc) is 2.78. The van der Waals surface area contributed by atoms with E-state index in [1.54, 1.807) is 0 Å². The summed E-state index contributed by atoms with van der Waals surface area (Å²) in [6.07, 6.45) is 9.98. The number of rotatable bonds is 14. The van der Waals surface area contributed by atoms with E-state index in [1.807, 2.05) is 36.5 Å². The van der Waals surface area contributed by atoms with Crippen LogP contribution in [0.25, 0.3) is 11.3 Å². The maximum atomic E-state index is 12.0. The molecule has 4 nitrogen and oxygen atoms in total. The Morgan fingerprint density at radius 1 is 1.00 bits per heavy atom. The van der Waals surface area contributed by atoms with E-state index in [2.05, 4.69) is 31.8 Å². The number of benzene rings is 1. The van der Waals surface area contributed by atoms with Crippen LogP contribution in [0.15, 0.2) is 42.6 Å². The third-order valence-corrected chi connectivity index (χ3v) is 5.39. The lowest BCUT2D eigenvalue weighted by molar-refractivity contribution is -0.134. The minimum atomic E-state index is -0.167. The van der Waals surface area contributed by atoms with E-state index >= 15 is 0 Å². The standard InChI is InChI=1S/C26H37NO3/c1-4-6-7-18-29-19-8-9-22-11-16-25(27-20-22)23-12-14-24(15-13-23)30-26(28)17-10-21(3)5-2/h11-16,20-21H,4-10,17-19H2,1-3H3. The van der Waals surface area contributed by atoms with E-state index in [-0.39, 0.29) is 5.97 Å². The van der Waals surface area contributed by atoms with Gasteiger partial charge in [-0.2, -0.15) is 0 Å². The zero-order valence-electron chi connectivity index (χ0n) is 18.9. The molecule has 164 valence electrons. The molecule has 1 aromatic carbocycles. The van der Waals surface area contributed by atoms with Crippen LogP contribution in [0, 0.1) is 5.92 Å². The van der Waals surface area contributed by atoms with Gasteiger partial charge in [-0.1, -0.05) is 46.1 Å². The molecule has 0 aliphatic rings. The molecule has 0 saturated heterocycles. The van der Waals surface area contributed by atoms with Gasteiger partial charge in [0.1, 0.15) is 5.75 Å². The summed E-state index contributed by atoms with van der Waals surface area (Å²) in [7, 11) is 0. The van der Waals surface area contributed by atoms with Gasteiger partial charge in [0.15, 0.2) is 0 Å². The fourth-order valence-corrected chi connectivity index (χ4v) is 3.12. The fraction of sp³-hybridized carbons (Fsp3) is 0.538. The number of pyridine rings is 1. The fourth-order valence-electron chi connectivity index (χ4n) is 3.12. The molecule has 0 saturated carbocycles. The first-order valence-corrected chi connectivity index (χ1v) is 11.5. The number of carbonyl (C=O) groups is 1. The van der Waals surface area contributed by atoms with Gasteiger partial charge in [0.2, 0.25) is 0 Å². The van der Waals surface area contributed by atoms with Crippen LogP contribution in [0.2, 0.25) is 0 Å². The number of aryl methyl sites for hydroxylation is 1. The van der Waals surface area contributed by atoms with E-state index in [0.29, 0.717) is 18.1 Å². The first kappa shape index (κ1) is 24.1. The minimum absolute atomic E-state index is 0.167. The van der Waals surface area contributed by atoms with E-state index in [0.717, 1.165) is 56.6 Å². The number of esters is 1. The summed E-state index contributed by atoms with van der Waals surface area (Å²) in [5.74, 6) is 0.968. The van der Waals surface area contributed by atoms with Gasteiger partial charge in [-0.05, 0) is 67.5 Å². The molecule has 0 fully saturated rings. The van der Waals surface area contributed by atoms with E-state index < -0.39 is 0 Å². The largest absolute Gasteiger partial charge is 0.427 e. The monoisotopic (exact) mass is 411 g/mol. The second-order valence-corrected chi connectivity index (χ2v) is 8.03. The maximum Gasteiger partial charge on any atom is 0.311 e. The van der Waals surface area contributed by atoms with Crippen molar-refractivity contribution >= 4 is 5.97 Å². The quantitative estimate of drug-likeness (QED) is 0.199. The van der Waals surface area contributed by atoms with Crippen LogP contribution in [-0.2, 0) is 16.0 Å². The number of nitrogens with zero attached hydrogens (tertiary/aromatic N) is 1. The Morgan fingerprint density at radius 2 is 1.77 bits per heavy atom. The molecule has 1 heterocycles. The Bertz CT molecular complexity index is 725. The van der Waals surface area contributed by atoms with Crippen molar-refractivity contribution in [1.29, 1.82) is 0 Å². The predicted octanol–water partition coefficient (Wildman–Crippen LogP) is 6.62. The van der Waals surface area contributed by atoms with Crippen molar-refractivity contribution in [3.8, 4) is 17.0 Å². The third kappa shape index (κ3) is 9.08. The normalized spacial score (nSPS) is 12.0. The molecule has 2 rings (SSSR count). The molecule has 0 spiro atoms. The summed E-state index contributed by atoms with van der Waals surface area (Å²) in [6, 6.07) is 11.7. The summed E-state index contributed by atoms with van der Waals surface area (Å²) in [6.45, 7) is 8.18. The van der Waals surface area contributed by atoms with Gasteiger partial charge >= 0.3 is 5.97 Å². The number of unbranched alkanes of at least 4 members (excludes halogenated alkanes) is 2.